The van der Waals surface area contributed by atoms with E-state index in [2.05, 4.69) is 16.8 Å². The number of piperazine rings is 1. The molecule has 0 radical (unpaired) electrons. The van der Waals surface area contributed by atoms with Crippen LogP contribution in [0.25, 0.3) is 0 Å². The summed E-state index contributed by atoms with van der Waals surface area (Å²) in [5.74, 6) is 1.09. The van der Waals surface area contributed by atoms with Crippen LogP contribution in [0.2, 0.25) is 0 Å². The molecule has 0 unspecified atom stereocenters. The van der Waals surface area contributed by atoms with E-state index in [1.165, 1.54) is 0 Å². The molecular weight excluding hydrogens is 216 g/mol. The van der Waals surface area contributed by atoms with Gasteiger partial charge < -0.3 is 14.7 Å². The Morgan fingerprint density at radius 3 is 2.41 bits per heavy atom. The lowest BCUT2D eigenvalue weighted by molar-refractivity contribution is 0.133. The first kappa shape index (κ1) is 12.2. The normalized spacial score (nSPS) is 18.2. The van der Waals surface area contributed by atoms with Crippen molar-refractivity contribution in [3.8, 4) is 11.5 Å². The van der Waals surface area contributed by atoms with Crippen molar-refractivity contribution >= 4 is 0 Å². The van der Waals surface area contributed by atoms with Gasteiger partial charge in [0.25, 0.3) is 0 Å². The zero-order valence-corrected chi connectivity index (χ0v) is 10.3. The molecule has 1 aromatic rings. The number of nitrogens with zero attached hydrogens (tertiary/aromatic N) is 2. The fraction of sp³-hybridized carbons (Fsp3) is 0.538. The van der Waals surface area contributed by atoms with E-state index in [9.17, 15) is 0 Å². The second kappa shape index (κ2) is 5.89. The average molecular weight is 236 g/mol. The smallest absolute Gasteiger partial charge is 0.119 e. The van der Waals surface area contributed by atoms with Crippen LogP contribution in [0, 0.1) is 0 Å². The molecule has 17 heavy (non-hydrogen) atoms. The Morgan fingerprint density at radius 2 is 1.76 bits per heavy atom. The summed E-state index contributed by atoms with van der Waals surface area (Å²) >= 11 is 0. The lowest BCUT2D eigenvalue weighted by Crippen LogP contribution is -2.45. The molecule has 2 rings (SSSR count). The second-order valence-corrected chi connectivity index (χ2v) is 4.49. The summed E-state index contributed by atoms with van der Waals surface area (Å²) in [6.45, 7) is 6.19. The number of likely N-dealkylation sites (N-methyl/N-ethyl adjacent to an activating group) is 1. The predicted octanol–water partition coefficient (Wildman–Crippen LogP) is 1.02. The maximum absolute atomic E-state index is 9.14. The van der Waals surface area contributed by atoms with E-state index in [0.717, 1.165) is 38.5 Å². The Balaban J connectivity index is 1.67. The number of ether oxygens (including phenoxy) is 1. The molecule has 0 bridgehead atoms. The first-order valence-corrected chi connectivity index (χ1v) is 6.07. The third kappa shape index (κ3) is 3.91. The highest BCUT2D eigenvalue weighted by Gasteiger charge is 2.12. The number of rotatable bonds is 4. The van der Waals surface area contributed by atoms with Crippen LogP contribution in [0.4, 0.5) is 0 Å². The average Bonchev–Trinajstić information content (AvgIpc) is 2.34. The molecule has 0 saturated carbocycles. The van der Waals surface area contributed by atoms with Crippen LogP contribution in [-0.4, -0.2) is 61.3 Å². The zero-order valence-electron chi connectivity index (χ0n) is 10.3. The van der Waals surface area contributed by atoms with Crippen LogP contribution in [-0.2, 0) is 0 Å². The van der Waals surface area contributed by atoms with Crippen molar-refractivity contribution in [1.82, 2.24) is 9.80 Å². The summed E-state index contributed by atoms with van der Waals surface area (Å²) in [5.41, 5.74) is 0. The maximum atomic E-state index is 9.14. The first-order valence-electron chi connectivity index (χ1n) is 6.07. The molecule has 4 nitrogen and oxygen atoms in total. The summed E-state index contributed by atoms with van der Waals surface area (Å²) in [6, 6.07) is 6.87. The largest absolute Gasteiger partial charge is 0.508 e. The highest BCUT2D eigenvalue weighted by Crippen LogP contribution is 2.15. The van der Waals surface area contributed by atoms with Gasteiger partial charge in [0.1, 0.15) is 18.1 Å². The lowest BCUT2D eigenvalue weighted by atomic mass is 10.3. The number of hydrogen-bond donors (Lipinski definition) is 1. The quantitative estimate of drug-likeness (QED) is 0.846. The van der Waals surface area contributed by atoms with Crippen LogP contribution >= 0.6 is 0 Å². The maximum Gasteiger partial charge on any atom is 0.119 e. The van der Waals surface area contributed by atoms with Gasteiger partial charge in [0.15, 0.2) is 0 Å². The highest BCUT2D eigenvalue weighted by molar-refractivity contribution is 5.29. The molecule has 4 heteroatoms. The summed E-state index contributed by atoms with van der Waals surface area (Å²) in [4.78, 5) is 4.76. The van der Waals surface area contributed by atoms with Crippen molar-refractivity contribution in [2.75, 3.05) is 46.4 Å². The van der Waals surface area contributed by atoms with E-state index in [1.807, 2.05) is 0 Å². The molecule has 0 amide bonds. The highest BCUT2D eigenvalue weighted by atomic mass is 16.5. The zero-order chi connectivity index (χ0) is 12.1. The molecule has 0 aromatic heterocycles. The first-order chi connectivity index (χ1) is 8.24. The van der Waals surface area contributed by atoms with E-state index in [4.69, 9.17) is 9.84 Å². The van der Waals surface area contributed by atoms with E-state index in [1.54, 1.807) is 24.3 Å². The van der Waals surface area contributed by atoms with Gasteiger partial charge >= 0.3 is 0 Å². The van der Waals surface area contributed by atoms with E-state index in [0.29, 0.717) is 6.61 Å². The monoisotopic (exact) mass is 236 g/mol. The Morgan fingerprint density at radius 1 is 1.12 bits per heavy atom. The third-order valence-corrected chi connectivity index (χ3v) is 3.11. The lowest BCUT2D eigenvalue weighted by Gasteiger charge is -2.32. The molecule has 0 atom stereocenters. The summed E-state index contributed by atoms with van der Waals surface area (Å²) in [6.07, 6.45) is 0. The van der Waals surface area contributed by atoms with Gasteiger partial charge in [-0.25, -0.2) is 0 Å². The third-order valence-electron chi connectivity index (χ3n) is 3.11. The SMILES string of the molecule is CN1CCN(CCOc2ccc(O)cc2)CC1. The molecule has 1 heterocycles. The van der Waals surface area contributed by atoms with E-state index in [-0.39, 0.29) is 5.75 Å². The molecule has 1 N–H and O–H groups in total. The Kier molecular flexibility index (Phi) is 4.23. The van der Waals surface area contributed by atoms with Gasteiger partial charge in [0.2, 0.25) is 0 Å². The van der Waals surface area contributed by atoms with Crippen molar-refractivity contribution in [2.24, 2.45) is 0 Å². The predicted molar refractivity (Wildman–Crippen MR) is 67.5 cm³/mol. The minimum Gasteiger partial charge on any atom is -0.508 e. The molecule has 1 aliphatic heterocycles. The molecule has 0 spiro atoms. The van der Waals surface area contributed by atoms with Gasteiger partial charge in [-0.15, -0.1) is 0 Å². The second-order valence-electron chi connectivity index (χ2n) is 4.49. The van der Waals surface area contributed by atoms with Gasteiger partial charge in [-0.05, 0) is 31.3 Å². The van der Waals surface area contributed by atoms with E-state index >= 15 is 0 Å². The van der Waals surface area contributed by atoms with Gasteiger partial charge in [-0.2, -0.15) is 0 Å². The fourth-order valence-electron chi connectivity index (χ4n) is 1.91. The van der Waals surface area contributed by atoms with Crippen LogP contribution in [0.15, 0.2) is 24.3 Å². The molecule has 1 fully saturated rings. The van der Waals surface area contributed by atoms with Gasteiger partial charge in [-0.1, -0.05) is 0 Å². The van der Waals surface area contributed by atoms with Crippen LogP contribution in [0.1, 0.15) is 0 Å². The van der Waals surface area contributed by atoms with Gasteiger partial charge in [0.05, 0.1) is 0 Å². The van der Waals surface area contributed by atoms with Crippen LogP contribution in [0.3, 0.4) is 0 Å². The van der Waals surface area contributed by atoms with E-state index < -0.39 is 0 Å². The van der Waals surface area contributed by atoms with Crippen molar-refractivity contribution < 1.29 is 9.84 Å². The minimum absolute atomic E-state index is 0.274. The minimum atomic E-state index is 0.274. The van der Waals surface area contributed by atoms with Crippen molar-refractivity contribution in [3.63, 3.8) is 0 Å². The number of phenolic OH excluding ortho intramolecular Hbond substituents is 1. The van der Waals surface area contributed by atoms with Crippen LogP contribution < -0.4 is 4.74 Å². The number of benzene rings is 1. The molecule has 1 saturated heterocycles. The Bertz CT molecular complexity index is 332. The molecule has 0 aliphatic carbocycles. The van der Waals surface area contributed by atoms with Gasteiger partial charge in [-0.3, -0.25) is 4.90 Å². The summed E-state index contributed by atoms with van der Waals surface area (Å²) < 4.78 is 5.62. The Hall–Kier alpha value is -1.26. The molecule has 1 aromatic carbocycles. The van der Waals surface area contributed by atoms with Gasteiger partial charge in [0, 0.05) is 32.7 Å². The molecular formula is C13H20N2O2. The van der Waals surface area contributed by atoms with Crippen molar-refractivity contribution in [2.45, 2.75) is 0 Å². The Labute approximate surface area is 102 Å². The number of hydrogen-bond acceptors (Lipinski definition) is 4. The standard InChI is InChI=1S/C13H20N2O2/c1-14-6-8-15(9-7-14)10-11-17-13-4-2-12(16)3-5-13/h2-5,16H,6-11H2,1H3. The molecule has 94 valence electrons. The van der Waals surface area contributed by atoms with Crippen LogP contribution in [0.5, 0.6) is 11.5 Å². The fourth-order valence-corrected chi connectivity index (χ4v) is 1.91. The summed E-state index contributed by atoms with van der Waals surface area (Å²) in [7, 11) is 2.16. The molecule has 1 aliphatic rings. The number of phenols is 1. The van der Waals surface area contributed by atoms with Crippen molar-refractivity contribution in [1.29, 1.82) is 0 Å². The summed E-state index contributed by atoms with van der Waals surface area (Å²) in [5, 5.41) is 9.14. The topological polar surface area (TPSA) is 35.9 Å². The van der Waals surface area contributed by atoms with Crippen molar-refractivity contribution in [3.05, 3.63) is 24.3 Å². The number of aromatic hydroxyl groups is 1.